The molecule has 1 N–H and O–H groups in total. The lowest BCUT2D eigenvalue weighted by molar-refractivity contribution is -0.145. The molecular formula is C12H19NO2. The van der Waals surface area contributed by atoms with Gasteiger partial charge >= 0.3 is 5.97 Å². The molecule has 0 unspecified atom stereocenters. The molecule has 0 atom stereocenters. The smallest absolute Gasteiger partial charge is 0.310 e. The standard InChI is InChI=1S/C12H19NO2/c14-10(15)12(5-6-12)9-13-7-11(8-13)3-1-2-4-11/h1-9H2,(H,14,15). The predicted octanol–water partition coefficient (Wildman–Crippen LogP) is 1.73. The average Bonchev–Trinajstić information content (AvgIpc) is 2.74. The van der Waals surface area contributed by atoms with E-state index < -0.39 is 5.97 Å². The summed E-state index contributed by atoms with van der Waals surface area (Å²) in [6.07, 6.45) is 7.32. The molecule has 0 aromatic heterocycles. The highest BCUT2D eigenvalue weighted by Crippen LogP contribution is 2.51. The number of carboxylic acid groups (broad SMARTS) is 1. The van der Waals surface area contributed by atoms with E-state index in [9.17, 15) is 4.79 Å². The molecule has 3 heteroatoms. The van der Waals surface area contributed by atoms with Crippen LogP contribution in [0.2, 0.25) is 0 Å². The Labute approximate surface area is 90.5 Å². The lowest BCUT2D eigenvalue weighted by Crippen LogP contribution is -2.56. The van der Waals surface area contributed by atoms with E-state index >= 15 is 0 Å². The highest BCUT2D eigenvalue weighted by Gasteiger charge is 2.54. The molecule has 3 rings (SSSR count). The van der Waals surface area contributed by atoms with E-state index in [0.29, 0.717) is 5.41 Å². The molecule has 0 aromatic carbocycles. The Kier molecular flexibility index (Phi) is 1.91. The Morgan fingerprint density at radius 1 is 1.13 bits per heavy atom. The SMILES string of the molecule is O=C(O)C1(CN2CC3(CCCC3)C2)CC1. The van der Waals surface area contributed by atoms with Gasteiger partial charge in [0.15, 0.2) is 0 Å². The first-order valence-corrected chi connectivity index (χ1v) is 6.10. The van der Waals surface area contributed by atoms with Crippen LogP contribution < -0.4 is 0 Å². The number of likely N-dealkylation sites (tertiary alicyclic amines) is 1. The molecule has 15 heavy (non-hydrogen) atoms. The molecule has 84 valence electrons. The van der Waals surface area contributed by atoms with Crippen molar-refractivity contribution in [2.45, 2.75) is 38.5 Å². The third kappa shape index (κ3) is 1.48. The van der Waals surface area contributed by atoms with Crippen molar-refractivity contribution in [1.29, 1.82) is 0 Å². The van der Waals surface area contributed by atoms with Crippen LogP contribution in [0.25, 0.3) is 0 Å². The maximum atomic E-state index is 11.0. The van der Waals surface area contributed by atoms with Crippen molar-refractivity contribution in [3.8, 4) is 0 Å². The van der Waals surface area contributed by atoms with Crippen LogP contribution in [0.1, 0.15) is 38.5 Å². The van der Waals surface area contributed by atoms with E-state index in [1.54, 1.807) is 0 Å². The summed E-state index contributed by atoms with van der Waals surface area (Å²) < 4.78 is 0. The molecule has 0 bridgehead atoms. The van der Waals surface area contributed by atoms with Crippen molar-refractivity contribution in [3.05, 3.63) is 0 Å². The van der Waals surface area contributed by atoms with Crippen molar-refractivity contribution in [3.63, 3.8) is 0 Å². The number of carboxylic acids is 1. The van der Waals surface area contributed by atoms with Crippen LogP contribution in [0, 0.1) is 10.8 Å². The molecule has 3 nitrogen and oxygen atoms in total. The molecular weight excluding hydrogens is 190 g/mol. The number of hydrogen-bond acceptors (Lipinski definition) is 2. The Balaban J connectivity index is 1.53. The Morgan fingerprint density at radius 2 is 1.73 bits per heavy atom. The molecule has 2 saturated carbocycles. The van der Waals surface area contributed by atoms with E-state index in [-0.39, 0.29) is 5.41 Å². The zero-order chi connectivity index (χ0) is 10.5. The van der Waals surface area contributed by atoms with Crippen LogP contribution in [-0.2, 0) is 4.79 Å². The minimum absolute atomic E-state index is 0.347. The summed E-state index contributed by atoms with van der Waals surface area (Å²) in [7, 11) is 0. The van der Waals surface area contributed by atoms with E-state index in [1.165, 1.54) is 38.8 Å². The van der Waals surface area contributed by atoms with Gasteiger partial charge in [0, 0.05) is 19.6 Å². The molecule has 1 heterocycles. The van der Waals surface area contributed by atoms with Gasteiger partial charge in [-0.05, 0) is 31.1 Å². The third-order valence-electron chi connectivity index (χ3n) is 4.62. The molecule has 3 aliphatic rings. The summed E-state index contributed by atoms with van der Waals surface area (Å²) in [5.74, 6) is -0.574. The maximum absolute atomic E-state index is 11.0. The van der Waals surface area contributed by atoms with Gasteiger partial charge in [0.2, 0.25) is 0 Å². The van der Waals surface area contributed by atoms with Crippen molar-refractivity contribution in [1.82, 2.24) is 4.90 Å². The van der Waals surface area contributed by atoms with Gasteiger partial charge in [-0.3, -0.25) is 4.79 Å². The Bertz CT molecular complexity index is 282. The van der Waals surface area contributed by atoms with Gasteiger partial charge in [-0.15, -0.1) is 0 Å². The van der Waals surface area contributed by atoms with Gasteiger partial charge in [-0.2, -0.15) is 0 Å². The van der Waals surface area contributed by atoms with Gasteiger partial charge < -0.3 is 10.0 Å². The molecule has 1 spiro atoms. The normalized spacial score (nSPS) is 31.5. The van der Waals surface area contributed by atoms with Crippen LogP contribution in [-0.4, -0.2) is 35.6 Å². The maximum Gasteiger partial charge on any atom is 0.310 e. The molecule has 0 aromatic rings. The van der Waals surface area contributed by atoms with Crippen LogP contribution in [0.3, 0.4) is 0 Å². The number of hydrogen-bond donors (Lipinski definition) is 1. The van der Waals surface area contributed by atoms with Crippen molar-refractivity contribution >= 4 is 5.97 Å². The molecule has 1 saturated heterocycles. The molecule has 3 fully saturated rings. The molecule has 1 aliphatic heterocycles. The predicted molar refractivity (Wildman–Crippen MR) is 56.6 cm³/mol. The average molecular weight is 209 g/mol. The Hall–Kier alpha value is -0.570. The fourth-order valence-corrected chi connectivity index (χ4v) is 3.47. The number of aliphatic carboxylic acids is 1. The highest BCUT2D eigenvalue weighted by atomic mass is 16.4. The summed E-state index contributed by atoms with van der Waals surface area (Å²) in [6.45, 7) is 3.15. The molecule has 0 radical (unpaired) electrons. The fraction of sp³-hybridized carbons (Fsp3) is 0.917. The summed E-state index contributed by atoms with van der Waals surface area (Å²) in [5, 5.41) is 9.10. The van der Waals surface area contributed by atoms with Gasteiger partial charge in [0.05, 0.1) is 5.41 Å². The van der Waals surface area contributed by atoms with Crippen molar-refractivity contribution in [2.24, 2.45) is 10.8 Å². The topological polar surface area (TPSA) is 40.5 Å². The van der Waals surface area contributed by atoms with Crippen LogP contribution >= 0.6 is 0 Å². The summed E-state index contributed by atoms with van der Waals surface area (Å²) in [4.78, 5) is 13.4. The lowest BCUT2D eigenvalue weighted by atomic mass is 9.77. The first-order chi connectivity index (χ1) is 7.14. The highest BCUT2D eigenvalue weighted by molar-refractivity contribution is 5.78. The zero-order valence-electron chi connectivity index (χ0n) is 9.17. The second kappa shape index (κ2) is 2.97. The first kappa shape index (κ1) is 9.64. The second-order valence-corrected chi connectivity index (χ2v) is 5.94. The van der Waals surface area contributed by atoms with E-state index in [1.807, 2.05) is 0 Å². The lowest BCUT2D eigenvalue weighted by Gasteiger charge is -2.49. The summed E-state index contributed by atoms with van der Waals surface area (Å²) in [5.41, 5.74) is 0.259. The molecule has 2 aliphatic carbocycles. The van der Waals surface area contributed by atoms with Crippen molar-refractivity contribution in [2.75, 3.05) is 19.6 Å². The van der Waals surface area contributed by atoms with Gasteiger partial charge in [0.25, 0.3) is 0 Å². The monoisotopic (exact) mass is 209 g/mol. The Morgan fingerprint density at radius 3 is 2.20 bits per heavy atom. The minimum atomic E-state index is -0.574. The summed E-state index contributed by atoms with van der Waals surface area (Å²) in [6, 6.07) is 0. The van der Waals surface area contributed by atoms with Gasteiger partial charge in [-0.1, -0.05) is 12.8 Å². The number of carbonyl (C=O) groups is 1. The van der Waals surface area contributed by atoms with Gasteiger partial charge in [0.1, 0.15) is 0 Å². The summed E-state index contributed by atoms with van der Waals surface area (Å²) >= 11 is 0. The van der Waals surface area contributed by atoms with E-state index in [2.05, 4.69) is 4.90 Å². The van der Waals surface area contributed by atoms with Crippen molar-refractivity contribution < 1.29 is 9.90 Å². The van der Waals surface area contributed by atoms with E-state index in [4.69, 9.17) is 5.11 Å². The first-order valence-electron chi connectivity index (χ1n) is 6.10. The fourth-order valence-electron chi connectivity index (χ4n) is 3.47. The van der Waals surface area contributed by atoms with Crippen LogP contribution in [0.4, 0.5) is 0 Å². The number of nitrogens with zero attached hydrogens (tertiary/aromatic N) is 1. The largest absolute Gasteiger partial charge is 0.481 e. The van der Waals surface area contributed by atoms with E-state index in [0.717, 1.165) is 19.4 Å². The number of rotatable bonds is 3. The van der Waals surface area contributed by atoms with Gasteiger partial charge in [-0.25, -0.2) is 0 Å². The third-order valence-corrected chi connectivity index (χ3v) is 4.62. The minimum Gasteiger partial charge on any atom is -0.481 e. The molecule has 0 amide bonds. The van der Waals surface area contributed by atoms with Crippen LogP contribution in [0.5, 0.6) is 0 Å². The quantitative estimate of drug-likeness (QED) is 0.769. The zero-order valence-corrected chi connectivity index (χ0v) is 9.17. The van der Waals surface area contributed by atoms with Crippen LogP contribution in [0.15, 0.2) is 0 Å². The second-order valence-electron chi connectivity index (χ2n) is 5.94.